The van der Waals surface area contributed by atoms with Crippen molar-refractivity contribution in [2.75, 3.05) is 19.6 Å². The second-order valence-electron chi connectivity index (χ2n) is 6.33. The van der Waals surface area contributed by atoms with Crippen LogP contribution in [0.3, 0.4) is 0 Å². The predicted molar refractivity (Wildman–Crippen MR) is 74.2 cm³/mol. The smallest absolute Gasteiger partial charge is 0.00940 e. The van der Waals surface area contributed by atoms with Crippen molar-refractivity contribution in [1.82, 2.24) is 10.2 Å². The first-order chi connectivity index (χ1) is 8.20. The van der Waals surface area contributed by atoms with Crippen molar-refractivity contribution < 1.29 is 0 Å². The molecule has 1 heterocycles. The van der Waals surface area contributed by atoms with E-state index in [1.54, 1.807) is 0 Å². The molecule has 0 bridgehead atoms. The van der Waals surface area contributed by atoms with Gasteiger partial charge in [-0.25, -0.2) is 0 Å². The summed E-state index contributed by atoms with van der Waals surface area (Å²) in [5, 5.41) is 3.68. The largest absolute Gasteiger partial charge is 0.314 e. The third kappa shape index (κ3) is 3.96. The summed E-state index contributed by atoms with van der Waals surface area (Å²) in [6.45, 7) is 11.0. The molecule has 2 fully saturated rings. The summed E-state index contributed by atoms with van der Waals surface area (Å²) in [5.41, 5.74) is 0. The second kappa shape index (κ2) is 6.19. The molecular formula is C15H30N2. The van der Waals surface area contributed by atoms with Crippen molar-refractivity contribution in [3.05, 3.63) is 0 Å². The molecule has 2 aliphatic rings. The Balaban J connectivity index is 1.71. The summed E-state index contributed by atoms with van der Waals surface area (Å²) in [5.74, 6) is 1.98. The first-order valence-corrected chi connectivity index (χ1v) is 7.68. The van der Waals surface area contributed by atoms with Crippen LogP contribution in [0, 0.1) is 11.8 Å². The molecular weight excluding hydrogens is 208 g/mol. The van der Waals surface area contributed by atoms with Gasteiger partial charge >= 0.3 is 0 Å². The van der Waals surface area contributed by atoms with E-state index in [1.807, 2.05) is 0 Å². The first kappa shape index (κ1) is 13.4. The molecule has 0 aromatic heterocycles. The highest BCUT2D eigenvalue weighted by Crippen LogP contribution is 2.37. The van der Waals surface area contributed by atoms with E-state index in [-0.39, 0.29) is 0 Å². The van der Waals surface area contributed by atoms with Crippen LogP contribution < -0.4 is 5.32 Å². The van der Waals surface area contributed by atoms with Crippen molar-refractivity contribution in [2.45, 2.75) is 65.0 Å². The highest BCUT2D eigenvalue weighted by Gasteiger charge is 2.32. The summed E-state index contributed by atoms with van der Waals surface area (Å²) in [6.07, 6.45) is 6.93. The summed E-state index contributed by atoms with van der Waals surface area (Å²) >= 11 is 0. The third-order valence-electron chi connectivity index (χ3n) is 4.65. The normalized spacial score (nSPS) is 32.6. The lowest BCUT2D eigenvalue weighted by atomic mass is 9.96. The lowest BCUT2D eigenvalue weighted by molar-refractivity contribution is 0.114. The van der Waals surface area contributed by atoms with Crippen molar-refractivity contribution in [3.8, 4) is 0 Å². The van der Waals surface area contributed by atoms with E-state index in [0.29, 0.717) is 0 Å². The molecule has 2 rings (SSSR count). The summed E-state index contributed by atoms with van der Waals surface area (Å²) in [4.78, 5) is 2.73. The molecule has 0 spiro atoms. The van der Waals surface area contributed by atoms with Crippen LogP contribution in [0.5, 0.6) is 0 Å². The van der Waals surface area contributed by atoms with Crippen LogP contribution in [0.1, 0.15) is 52.9 Å². The molecule has 0 aromatic rings. The van der Waals surface area contributed by atoms with Crippen LogP contribution in [0.15, 0.2) is 0 Å². The van der Waals surface area contributed by atoms with Crippen LogP contribution in [0.25, 0.3) is 0 Å². The Hall–Kier alpha value is -0.0800. The molecule has 2 nitrogen and oxygen atoms in total. The second-order valence-corrected chi connectivity index (χ2v) is 6.33. The van der Waals surface area contributed by atoms with Gasteiger partial charge in [0, 0.05) is 18.6 Å². The third-order valence-corrected chi connectivity index (χ3v) is 4.65. The van der Waals surface area contributed by atoms with E-state index < -0.39 is 0 Å². The minimum atomic E-state index is 0.775. The van der Waals surface area contributed by atoms with Gasteiger partial charge in [-0.2, -0.15) is 0 Å². The molecule has 1 aliphatic carbocycles. The fourth-order valence-corrected chi connectivity index (χ4v) is 3.21. The average molecular weight is 238 g/mol. The van der Waals surface area contributed by atoms with Crippen molar-refractivity contribution in [1.29, 1.82) is 0 Å². The number of rotatable bonds is 6. The van der Waals surface area contributed by atoms with Gasteiger partial charge in [-0.1, -0.05) is 13.8 Å². The quantitative estimate of drug-likeness (QED) is 0.765. The Morgan fingerprint density at radius 3 is 2.65 bits per heavy atom. The molecule has 1 N–H and O–H groups in total. The minimum Gasteiger partial charge on any atom is -0.314 e. The zero-order valence-electron chi connectivity index (χ0n) is 11.9. The number of nitrogens with one attached hydrogen (secondary N) is 1. The SMILES string of the molecule is CCCNC1CCN(CC(C)C2CC2)C(C)C1. The van der Waals surface area contributed by atoms with Gasteiger partial charge in [0.15, 0.2) is 0 Å². The van der Waals surface area contributed by atoms with Crippen molar-refractivity contribution in [3.63, 3.8) is 0 Å². The van der Waals surface area contributed by atoms with Gasteiger partial charge in [0.2, 0.25) is 0 Å². The monoisotopic (exact) mass is 238 g/mol. The van der Waals surface area contributed by atoms with Crippen molar-refractivity contribution in [2.24, 2.45) is 11.8 Å². The zero-order valence-corrected chi connectivity index (χ0v) is 11.9. The molecule has 1 saturated carbocycles. The molecule has 1 aliphatic heterocycles. The Labute approximate surface area is 107 Å². The van der Waals surface area contributed by atoms with Crippen LogP contribution >= 0.6 is 0 Å². The predicted octanol–water partition coefficient (Wildman–Crippen LogP) is 2.89. The molecule has 100 valence electrons. The summed E-state index contributed by atoms with van der Waals surface area (Å²) < 4.78 is 0. The summed E-state index contributed by atoms with van der Waals surface area (Å²) in [7, 11) is 0. The van der Waals surface area contributed by atoms with Gasteiger partial charge in [-0.05, 0) is 64.0 Å². The van der Waals surface area contributed by atoms with Crippen LogP contribution in [-0.4, -0.2) is 36.6 Å². The molecule has 0 amide bonds. The Bertz CT molecular complexity index is 225. The van der Waals surface area contributed by atoms with E-state index in [1.165, 1.54) is 51.7 Å². The van der Waals surface area contributed by atoms with Crippen molar-refractivity contribution >= 4 is 0 Å². The molecule has 0 radical (unpaired) electrons. The molecule has 1 saturated heterocycles. The lowest BCUT2D eigenvalue weighted by Crippen LogP contribution is -2.48. The summed E-state index contributed by atoms with van der Waals surface area (Å²) in [6, 6.07) is 1.55. The standard InChI is InChI=1S/C15H30N2/c1-4-8-16-15-7-9-17(13(3)10-15)11-12(2)14-5-6-14/h12-16H,4-11H2,1-3H3. The molecule has 2 heteroatoms. The number of hydrogen-bond acceptors (Lipinski definition) is 2. The van der Waals surface area contributed by atoms with Crippen LogP contribution in [0.2, 0.25) is 0 Å². The topological polar surface area (TPSA) is 15.3 Å². The average Bonchev–Trinajstić information content (AvgIpc) is 3.13. The Morgan fingerprint density at radius 2 is 2.06 bits per heavy atom. The molecule has 0 aromatic carbocycles. The van der Waals surface area contributed by atoms with Gasteiger partial charge in [-0.3, -0.25) is 0 Å². The van der Waals surface area contributed by atoms with Gasteiger partial charge in [-0.15, -0.1) is 0 Å². The van der Waals surface area contributed by atoms with E-state index >= 15 is 0 Å². The maximum Gasteiger partial charge on any atom is 0.00940 e. The highest BCUT2D eigenvalue weighted by molar-refractivity contribution is 4.86. The molecule has 3 unspecified atom stereocenters. The van der Waals surface area contributed by atoms with Gasteiger partial charge in [0.25, 0.3) is 0 Å². The van der Waals surface area contributed by atoms with E-state index in [4.69, 9.17) is 0 Å². The number of nitrogens with zero attached hydrogens (tertiary/aromatic N) is 1. The number of piperidine rings is 1. The van der Waals surface area contributed by atoms with Gasteiger partial charge < -0.3 is 10.2 Å². The van der Waals surface area contributed by atoms with Gasteiger partial charge in [0.1, 0.15) is 0 Å². The lowest BCUT2D eigenvalue weighted by Gasteiger charge is -2.39. The van der Waals surface area contributed by atoms with E-state index in [2.05, 4.69) is 31.0 Å². The fraction of sp³-hybridized carbons (Fsp3) is 1.00. The number of likely N-dealkylation sites (tertiary alicyclic amines) is 1. The van der Waals surface area contributed by atoms with E-state index in [9.17, 15) is 0 Å². The molecule has 3 atom stereocenters. The first-order valence-electron chi connectivity index (χ1n) is 7.68. The Morgan fingerprint density at radius 1 is 1.29 bits per heavy atom. The maximum atomic E-state index is 3.68. The Kier molecular flexibility index (Phi) is 4.87. The maximum absolute atomic E-state index is 3.68. The molecule has 17 heavy (non-hydrogen) atoms. The van der Waals surface area contributed by atoms with Crippen LogP contribution in [0.4, 0.5) is 0 Å². The highest BCUT2D eigenvalue weighted by atomic mass is 15.2. The van der Waals surface area contributed by atoms with Crippen LogP contribution in [-0.2, 0) is 0 Å². The fourth-order valence-electron chi connectivity index (χ4n) is 3.21. The zero-order chi connectivity index (χ0) is 12.3. The van der Waals surface area contributed by atoms with Gasteiger partial charge in [0.05, 0.1) is 0 Å². The van der Waals surface area contributed by atoms with E-state index in [0.717, 1.165) is 23.9 Å². The minimum absolute atomic E-state index is 0.775. The number of hydrogen-bond donors (Lipinski definition) is 1.